The summed E-state index contributed by atoms with van der Waals surface area (Å²) in [7, 11) is 1.59. The second-order valence-corrected chi connectivity index (χ2v) is 6.72. The van der Waals surface area contributed by atoms with Crippen LogP contribution in [0.4, 0.5) is 4.39 Å². The van der Waals surface area contributed by atoms with Crippen LogP contribution in [0.1, 0.15) is 44.2 Å². The van der Waals surface area contributed by atoms with E-state index in [9.17, 15) is 14.0 Å². The molecule has 0 saturated carbocycles. The number of rotatable bonds is 7. The SMILES string of the molecule is CNC(=O)c1ccc(C(CCNC(=O)c2ccccc2)c2ccc(F)cc2)cc1. The third-order valence-electron chi connectivity index (χ3n) is 4.83. The lowest BCUT2D eigenvalue weighted by atomic mass is 9.88. The summed E-state index contributed by atoms with van der Waals surface area (Å²) in [5.74, 6) is -0.603. The number of benzene rings is 3. The fourth-order valence-electron chi connectivity index (χ4n) is 3.25. The minimum Gasteiger partial charge on any atom is -0.355 e. The van der Waals surface area contributed by atoms with Crippen LogP contribution in [0.5, 0.6) is 0 Å². The van der Waals surface area contributed by atoms with Crippen molar-refractivity contribution in [2.45, 2.75) is 12.3 Å². The van der Waals surface area contributed by atoms with Crippen LogP contribution in [-0.4, -0.2) is 25.4 Å². The van der Waals surface area contributed by atoms with Crippen LogP contribution in [0.2, 0.25) is 0 Å². The van der Waals surface area contributed by atoms with E-state index in [0.29, 0.717) is 24.1 Å². The number of carbonyl (C=O) groups excluding carboxylic acids is 2. The third-order valence-corrected chi connectivity index (χ3v) is 4.83. The second-order valence-electron chi connectivity index (χ2n) is 6.72. The van der Waals surface area contributed by atoms with Crippen LogP contribution in [-0.2, 0) is 0 Å². The van der Waals surface area contributed by atoms with Gasteiger partial charge < -0.3 is 10.6 Å². The van der Waals surface area contributed by atoms with Crippen LogP contribution >= 0.6 is 0 Å². The van der Waals surface area contributed by atoms with Gasteiger partial charge in [0.1, 0.15) is 5.82 Å². The molecule has 3 aromatic carbocycles. The van der Waals surface area contributed by atoms with Crippen molar-refractivity contribution in [1.82, 2.24) is 10.6 Å². The quantitative estimate of drug-likeness (QED) is 0.637. The molecule has 0 aromatic heterocycles. The second kappa shape index (κ2) is 9.64. The summed E-state index contributed by atoms with van der Waals surface area (Å²) >= 11 is 0. The molecule has 0 aliphatic carbocycles. The van der Waals surface area contributed by atoms with Gasteiger partial charge in [0.2, 0.25) is 0 Å². The molecule has 2 amide bonds. The molecule has 0 saturated heterocycles. The molecule has 148 valence electrons. The number of carbonyl (C=O) groups is 2. The fraction of sp³-hybridized carbons (Fsp3) is 0.167. The maximum Gasteiger partial charge on any atom is 0.251 e. The highest BCUT2D eigenvalue weighted by Gasteiger charge is 2.16. The lowest BCUT2D eigenvalue weighted by molar-refractivity contribution is 0.0948. The van der Waals surface area contributed by atoms with Gasteiger partial charge in [-0.15, -0.1) is 0 Å². The van der Waals surface area contributed by atoms with Crippen LogP contribution < -0.4 is 10.6 Å². The summed E-state index contributed by atoms with van der Waals surface area (Å²) in [6.07, 6.45) is 0.642. The Morgan fingerprint density at radius 1 is 0.793 bits per heavy atom. The number of halogens is 1. The van der Waals surface area contributed by atoms with Gasteiger partial charge in [-0.25, -0.2) is 4.39 Å². The molecule has 1 atom stereocenters. The first-order valence-corrected chi connectivity index (χ1v) is 9.49. The summed E-state index contributed by atoms with van der Waals surface area (Å²) in [5.41, 5.74) is 3.14. The lowest BCUT2D eigenvalue weighted by Crippen LogP contribution is -2.25. The molecule has 29 heavy (non-hydrogen) atoms. The molecule has 0 radical (unpaired) electrons. The Bertz CT molecular complexity index is 954. The highest BCUT2D eigenvalue weighted by atomic mass is 19.1. The molecule has 2 N–H and O–H groups in total. The summed E-state index contributed by atoms with van der Waals surface area (Å²) < 4.78 is 13.4. The van der Waals surface area contributed by atoms with Crippen molar-refractivity contribution in [3.05, 3.63) is 107 Å². The summed E-state index contributed by atoms with van der Waals surface area (Å²) in [5, 5.41) is 5.54. The molecular weight excluding hydrogens is 367 g/mol. The van der Waals surface area contributed by atoms with Crippen molar-refractivity contribution >= 4 is 11.8 Å². The Balaban J connectivity index is 1.75. The van der Waals surface area contributed by atoms with E-state index in [1.807, 2.05) is 30.3 Å². The average molecular weight is 390 g/mol. The molecule has 0 fully saturated rings. The van der Waals surface area contributed by atoms with Gasteiger partial charge in [-0.05, 0) is 53.9 Å². The molecule has 0 aliphatic heterocycles. The predicted octanol–water partition coefficient (Wildman–Crippen LogP) is 4.14. The van der Waals surface area contributed by atoms with Crippen molar-refractivity contribution < 1.29 is 14.0 Å². The van der Waals surface area contributed by atoms with E-state index in [2.05, 4.69) is 10.6 Å². The fourth-order valence-corrected chi connectivity index (χ4v) is 3.25. The monoisotopic (exact) mass is 390 g/mol. The zero-order valence-corrected chi connectivity index (χ0v) is 16.2. The minimum absolute atomic E-state index is 0.0367. The summed E-state index contributed by atoms with van der Waals surface area (Å²) in [4.78, 5) is 24.1. The Morgan fingerprint density at radius 2 is 1.34 bits per heavy atom. The van der Waals surface area contributed by atoms with Crippen molar-refractivity contribution in [2.24, 2.45) is 0 Å². The molecule has 4 nitrogen and oxygen atoms in total. The van der Waals surface area contributed by atoms with Gasteiger partial charge in [0.25, 0.3) is 11.8 Å². The van der Waals surface area contributed by atoms with E-state index in [1.165, 1.54) is 12.1 Å². The van der Waals surface area contributed by atoms with Gasteiger partial charge in [-0.2, -0.15) is 0 Å². The van der Waals surface area contributed by atoms with E-state index in [-0.39, 0.29) is 23.5 Å². The smallest absolute Gasteiger partial charge is 0.251 e. The van der Waals surface area contributed by atoms with Gasteiger partial charge in [0.15, 0.2) is 0 Å². The van der Waals surface area contributed by atoms with Crippen molar-refractivity contribution in [2.75, 3.05) is 13.6 Å². The number of hydrogen-bond donors (Lipinski definition) is 2. The van der Waals surface area contributed by atoms with E-state index in [1.54, 1.807) is 43.4 Å². The molecule has 0 bridgehead atoms. The predicted molar refractivity (Wildman–Crippen MR) is 111 cm³/mol. The molecule has 0 spiro atoms. The van der Waals surface area contributed by atoms with E-state index in [0.717, 1.165) is 11.1 Å². The van der Waals surface area contributed by atoms with E-state index >= 15 is 0 Å². The Kier molecular flexibility index (Phi) is 6.74. The molecule has 1 unspecified atom stereocenters. The number of amides is 2. The summed E-state index contributed by atoms with van der Waals surface area (Å²) in [6, 6.07) is 22.8. The average Bonchev–Trinajstić information content (AvgIpc) is 2.77. The standard InChI is InChI=1S/C24H23FN2O2/c1-26-23(28)20-9-7-17(8-10-20)22(18-11-13-21(25)14-12-18)15-16-27-24(29)19-5-3-2-4-6-19/h2-14,22H,15-16H2,1H3,(H,26,28)(H,27,29). The molecule has 3 aromatic rings. The maximum absolute atomic E-state index is 13.4. The summed E-state index contributed by atoms with van der Waals surface area (Å²) in [6.45, 7) is 0.465. The molecule has 3 rings (SSSR count). The normalized spacial score (nSPS) is 11.5. The minimum atomic E-state index is -0.292. The van der Waals surface area contributed by atoms with Crippen LogP contribution in [0, 0.1) is 5.82 Å². The first-order chi connectivity index (χ1) is 14.1. The van der Waals surface area contributed by atoms with Gasteiger partial charge in [-0.1, -0.05) is 42.5 Å². The first kappa shape index (κ1) is 20.3. The zero-order valence-electron chi connectivity index (χ0n) is 16.2. The van der Waals surface area contributed by atoms with Crippen molar-refractivity contribution in [1.29, 1.82) is 0 Å². The van der Waals surface area contributed by atoms with E-state index < -0.39 is 0 Å². The Hall–Kier alpha value is -3.47. The molecule has 5 heteroatoms. The molecule has 0 heterocycles. The Labute approximate surface area is 169 Å². The van der Waals surface area contributed by atoms with Crippen LogP contribution in [0.3, 0.4) is 0 Å². The largest absolute Gasteiger partial charge is 0.355 e. The van der Waals surface area contributed by atoms with Crippen molar-refractivity contribution in [3.8, 4) is 0 Å². The van der Waals surface area contributed by atoms with Crippen LogP contribution in [0.25, 0.3) is 0 Å². The van der Waals surface area contributed by atoms with E-state index in [4.69, 9.17) is 0 Å². The Morgan fingerprint density at radius 3 is 1.93 bits per heavy atom. The van der Waals surface area contributed by atoms with Gasteiger partial charge in [0.05, 0.1) is 0 Å². The topological polar surface area (TPSA) is 58.2 Å². The van der Waals surface area contributed by atoms with Crippen LogP contribution in [0.15, 0.2) is 78.9 Å². The zero-order chi connectivity index (χ0) is 20.6. The van der Waals surface area contributed by atoms with Gasteiger partial charge >= 0.3 is 0 Å². The number of nitrogens with one attached hydrogen (secondary N) is 2. The van der Waals surface area contributed by atoms with Gasteiger partial charge in [0, 0.05) is 30.6 Å². The highest BCUT2D eigenvalue weighted by molar-refractivity contribution is 5.94. The highest BCUT2D eigenvalue weighted by Crippen LogP contribution is 2.28. The first-order valence-electron chi connectivity index (χ1n) is 9.49. The van der Waals surface area contributed by atoms with Crippen molar-refractivity contribution in [3.63, 3.8) is 0 Å². The van der Waals surface area contributed by atoms with Gasteiger partial charge in [-0.3, -0.25) is 9.59 Å². The third kappa shape index (κ3) is 5.29. The number of hydrogen-bond acceptors (Lipinski definition) is 2. The lowest BCUT2D eigenvalue weighted by Gasteiger charge is -2.19. The molecule has 0 aliphatic rings. The molecular formula is C24H23FN2O2. The maximum atomic E-state index is 13.4.